The van der Waals surface area contributed by atoms with Crippen molar-refractivity contribution in [2.24, 2.45) is 12.5 Å². The molecule has 1 aromatic carbocycles. The van der Waals surface area contributed by atoms with E-state index in [1.807, 2.05) is 32.0 Å². The van der Waals surface area contributed by atoms with Crippen molar-refractivity contribution in [3.05, 3.63) is 41.0 Å². The summed E-state index contributed by atoms with van der Waals surface area (Å²) in [6, 6.07) is 7.32. The number of carbonyl (C=O) groups is 1. The average Bonchev–Trinajstić information content (AvgIpc) is 2.87. The molecule has 2 aromatic rings. The van der Waals surface area contributed by atoms with Crippen LogP contribution in [0.3, 0.4) is 0 Å². The van der Waals surface area contributed by atoms with Gasteiger partial charge in [-0.1, -0.05) is 43.6 Å². The molecular weight excluding hydrogens is 314 g/mol. The number of rotatable bonds is 6. The Morgan fingerprint density at radius 2 is 2.09 bits per heavy atom. The average molecular weight is 336 g/mol. The Balaban J connectivity index is 2.24. The van der Waals surface area contributed by atoms with Crippen LogP contribution >= 0.6 is 11.6 Å². The molecule has 0 spiro atoms. The van der Waals surface area contributed by atoms with Crippen molar-refractivity contribution in [2.75, 3.05) is 13.2 Å². The lowest BCUT2D eigenvalue weighted by atomic mass is 9.89. The first-order valence-electron chi connectivity index (χ1n) is 7.52. The van der Waals surface area contributed by atoms with E-state index in [0.29, 0.717) is 29.2 Å². The molecule has 1 amide bonds. The summed E-state index contributed by atoms with van der Waals surface area (Å²) < 4.78 is 1.60. The molecule has 0 bridgehead atoms. The number of aryl methyl sites for hydroxylation is 1. The fourth-order valence-corrected chi connectivity index (χ4v) is 2.54. The summed E-state index contributed by atoms with van der Waals surface area (Å²) in [5.41, 5.74) is 1.61. The molecule has 1 heterocycles. The molecule has 0 radical (unpaired) electrons. The maximum absolute atomic E-state index is 12.5. The van der Waals surface area contributed by atoms with Crippen LogP contribution < -0.4 is 5.32 Å². The van der Waals surface area contributed by atoms with Crippen molar-refractivity contribution in [1.29, 1.82) is 0 Å². The third-order valence-electron chi connectivity index (χ3n) is 3.72. The number of aliphatic hydroxyl groups is 1. The summed E-state index contributed by atoms with van der Waals surface area (Å²) in [4.78, 5) is 12.5. The van der Waals surface area contributed by atoms with Gasteiger partial charge in [-0.25, -0.2) is 0 Å². The van der Waals surface area contributed by atoms with Gasteiger partial charge >= 0.3 is 0 Å². The quantitative estimate of drug-likeness (QED) is 0.853. The van der Waals surface area contributed by atoms with E-state index >= 15 is 0 Å². The number of amides is 1. The van der Waals surface area contributed by atoms with Crippen LogP contribution in [0.1, 0.15) is 30.6 Å². The number of nitrogens with zero attached hydrogens (tertiary/aromatic N) is 2. The second kappa shape index (κ2) is 7.15. The van der Waals surface area contributed by atoms with Crippen LogP contribution in [-0.4, -0.2) is 33.9 Å². The molecule has 1 aromatic heterocycles. The number of halogens is 1. The lowest BCUT2D eigenvalue weighted by Gasteiger charge is -2.23. The number of aromatic nitrogens is 2. The summed E-state index contributed by atoms with van der Waals surface area (Å²) in [6.45, 7) is 4.58. The summed E-state index contributed by atoms with van der Waals surface area (Å²) in [5.74, 6) is -0.195. The third-order valence-corrected chi connectivity index (χ3v) is 4.05. The van der Waals surface area contributed by atoms with Gasteiger partial charge in [0, 0.05) is 32.0 Å². The van der Waals surface area contributed by atoms with Crippen molar-refractivity contribution in [1.82, 2.24) is 15.1 Å². The third kappa shape index (κ3) is 4.33. The van der Waals surface area contributed by atoms with Crippen LogP contribution in [0.4, 0.5) is 0 Å². The van der Waals surface area contributed by atoms with E-state index in [0.717, 1.165) is 5.56 Å². The summed E-state index contributed by atoms with van der Waals surface area (Å²) >= 11 is 6.23. The zero-order chi connectivity index (χ0) is 17.0. The Morgan fingerprint density at radius 1 is 1.39 bits per heavy atom. The predicted octanol–water partition coefficient (Wildman–Crippen LogP) is 2.88. The van der Waals surface area contributed by atoms with Gasteiger partial charge in [0.2, 0.25) is 0 Å². The predicted molar refractivity (Wildman–Crippen MR) is 91.5 cm³/mol. The number of hydrogen-bond acceptors (Lipinski definition) is 3. The molecule has 0 atom stereocenters. The number of aliphatic hydroxyl groups excluding tert-OH is 1. The Morgan fingerprint density at radius 3 is 2.74 bits per heavy atom. The molecule has 0 aliphatic rings. The normalized spacial score (nSPS) is 11.5. The Hall–Kier alpha value is -1.85. The second-order valence-corrected chi connectivity index (χ2v) is 6.77. The highest BCUT2D eigenvalue weighted by molar-refractivity contribution is 6.33. The lowest BCUT2D eigenvalue weighted by Crippen LogP contribution is -2.34. The molecule has 0 unspecified atom stereocenters. The van der Waals surface area contributed by atoms with E-state index < -0.39 is 0 Å². The van der Waals surface area contributed by atoms with Gasteiger partial charge in [0.1, 0.15) is 5.69 Å². The van der Waals surface area contributed by atoms with Gasteiger partial charge in [0.05, 0.1) is 10.6 Å². The largest absolute Gasteiger partial charge is 0.396 e. The van der Waals surface area contributed by atoms with Crippen molar-refractivity contribution < 1.29 is 9.90 Å². The first-order valence-corrected chi connectivity index (χ1v) is 7.89. The zero-order valence-corrected chi connectivity index (χ0v) is 14.4. The van der Waals surface area contributed by atoms with Crippen LogP contribution in [-0.2, 0) is 7.05 Å². The van der Waals surface area contributed by atoms with Gasteiger partial charge in [-0.05, 0) is 17.9 Å². The molecule has 0 aliphatic carbocycles. The summed E-state index contributed by atoms with van der Waals surface area (Å²) in [6.07, 6.45) is 2.31. The highest BCUT2D eigenvalue weighted by Crippen LogP contribution is 2.29. The topological polar surface area (TPSA) is 67.2 Å². The van der Waals surface area contributed by atoms with E-state index in [4.69, 9.17) is 16.7 Å². The summed E-state index contributed by atoms with van der Waals surface area (Å²) in [7, 11) is 1.77. The zero-order valence-electron chi connectivity index (χ0n) is 13.6. The van der Waals surface area contributed by atoms with Crippen molar-refractivity contribution in [3.63, 3.8) is 0 Å². The Bertz CT molecular complexity index is 695. The molecule has 124 valence electrons. The maximum Gasteiger partial charge on any atom is 0.255 e. The molecule has 0 saturated carbocycles. The fraction of sp³-hybridized carbons (Fsp3) is 0.412. The van der Waals surface area contributed by atoms with Gasteiger partial charge in [-0.15, -0.1) is 0 Å². The van der Waals surface area contributed by atoms with Crippen LogP contribution in [0.25, 0.3) is 11.3 Å². The van der Waals surface area contributed by atoms with Crippen molar-refractivity contribution in [2.45, 2.75) is 20.3 Å². The fourth-order valence-electron chi connectivity index (χ4n) is 2.31. The van der Waals surface area contributed by atoms with E-state index in [1.165, 1.54) is 0 Å². The molecule has 2 rings (SSSR count). The van der Waals surface area contributed by atoms with E-state index in [2.05, 4.69) is 10.4 Å². The monoisotopic (exact) mass is 335 g/mol. The number of benzene rings is 1. The SMILES string of the molecule is Cn1cc(C(=O)NCC(C)(C)CCO)c(-c2ccccc2Cl)n1. The molecule has 6 heteroatoms. The van der Waals surface area contributed by atoms with Crippen LogP contribution in [0, 0.1) is 5.41 Å². The minimum Gasteiger partial charge on any atom is -0.396 e. The van der Waals surface area contributed by atoms with Gasteiger partial charge in [-0.3, -0.25) is 9.48 Å². The van der Waals surface area contributed by atoms with Gasteiger partial charge < -0.3 is 10.4 Å². The molecular formula is C17H22ClN3O2. The van der Waals surface area contributed by atoms with Gasteiger partial charge in [0.25, 0.3) is 5.91 Å². The molecule has 23 heavy (non-hydrogen) atoms. The highest BCUT2D eigenvalue weighted by Gasteiger charge is 2.22. The van der Waals surface area contributed by atoms with Crippen LogP contribution in [0.15, 0.2) is 30.5 Å². The first kappa shape index (κ1) is 17.5. The molecule has 5 nitrogen and oxygen atoms in total. The number of hydrogen-bond donors (Lipinski definition) is 2. The minimum absolute atomic E-state index is 0.0979. The van der Waals surface area contributed by atoms with Crippen LogP contribution in [0.2, 0.25) is 5.02 Å². The number of carbonyl (C=O) groups excluding carboxylic acids is 1. The number of nitrogens with one attached hydrogen (secondary N) is 1. The maximum atomic E-state index is 12.5. The standard InChI is InChI=1S/C17H22ClN3O2/c1-17(2,8-9-22)11-19-16(23)13-10-21(3)20-15(13)12-6-4-5-7-14(12)18/h4-7,10,22H,8-9,11H2,1-3H3,(H,19,23). The van der Waals surface area contributed by atoms with E-state index in [1.54, 1.807) is 24.0 Å². The molecule has 2 N–H and O–H groups in total. The van der Waals surface area contributed by atoms with Crippen molar-refractivity contribution >= 4 is 17.5 Å². The molecule has 0 aliphatic heterocycles. The first-order chi connectivity index (χ1) is 10.8. The van der Waals surface area contributed by atoms with Crippen LogP contribution in [0.5, 0.6) is 0 Å². The smallest absolute Gasteiger partial charge is 0.255 e. The van der Waals surface area contributed by atoms with Crippen molar-refractivity contribution in [3.8, 4) is 11.3 Å². The Kier molecular flexibility index (Phi) is 5.44. The molecule has 0 saturated heterocycles. The van der Waals surface area contributed by atoms with E-state index in [-0.39, 0.29) is 17.9 Å². The summed E-state index contributed by atoms with van der Waals surface area (Å²) in [5, 5.41) is 16.9. The van der Waals surface area contributed by atoms with Gasteiger partial charge in [0.15, 0.2) is 0 Å². The second-order valence-electron chi connectivity index (χ2n) is 6.37. The highest BCUT2D eigenvalue weighted by atomic mass is 35.5. The van der Waals surface area contributed by atoms with Gasteiger partial charge in [-0.2, -0.15) is 5.10 Å². The lowest BCUT2D eigenvalue weighted by molar-refractivity contribution is 0.0928. The van der Waals surface area contributed by atoms with E-state index in [9.17, 15) is 4.79 Å². The minimum atomic E-state index is -0.195. The Labute approximate surface area is 141 Å². The molecule has 0 fully saturated rings.